The van der Waals surface area contributed by atoms with Crippen molar-refractivity contribution in [2.45, 2.75) is 96.1 Å². The number of benzene rings is 5. The number of imidazole rings is 5. The number of amides is 3. The molecule has 3 N–H and O–H groups in total. The van der Waals surface area contributed by atoms with Crippen molar-refractivity contribution in [3.05, 3.63) is 240 Å². The largest absolute Gasteiger partial charge is 0.369 e. The van der Waals surface area contributed by atoms with Crippen molar-refractivity contribution >= 4 is 185 Å². The molecule has 736 valence electrons. The summed E-state index contributed by atoms with van der Waals surface area (Å²) in [6, 6.07) is 67.4. The Morgan fingerprint density at radius 3 is 0.903 bits per heavy atom. The Bertz CT molecular complexity index is 8570. The summed E-state index contributed by atoms with van der Waals surface area (Å²) in [5, 5.41) is 33.2. The minimum absolute atomic E-state index is 0.0421. The predicted molar refractivity (Wildman–Crippen MR) is 580 cm³/mol. The Morgan fingerprint density at radius 2 is 0.614 bits per heavy atom. The molecule has 20 heterocycles. The number of nitriles is 2. The molecule has 3 amide bonds. The molecule has 0 radical (unpaired) electrons. The lowest BCUT2D eigenvalue weighted by molar-refractivity contribution is 0.0939. The van der Waals surface area contributed by atoms with E-state index in [9.17, 15) is 24.9 Å². The summed E-state index contributed by atoms with van der Waals surface area (Å²) < 4.78 is 10.1. The molecule has 20 aromatic rings. The van der Waals surface area contributed by atoms with Crippen LogP contribution in [0.5, 0.6) is 0 Å². The average Bonchev–Trinajstić information content (AvgIpc) is 1.59. The van der Waals surface area contributed by atoms with Gasteiger partial charge in [0.1, 0.15) is 40.4 Å². The molecule has 0 aliphatic carbocycles. The summed E-state index contributed by atoms with van der Waals surface area (Å²) in [4.78, 5) is 110. The number of nitrogens with one attached hydrogen (secondary N) is 3. The minimum atomic E-state index is -0.144. The first-order valence-corrected chi connectivity index (χ1v) is 50.0. The highest BCUT2D eigenvalue weighted by molar-refractivity contribution is 6.11. The molecule has 15 aromatic heterocycles. The molecule has 5 aliphatic rings. The highest BCUT2D eigenvalue weighted by atomic mass is 16.2. The Balaban J connectivity index is 0.000000107. The molecular weight excluding hydrogens is 1810 g/mol. The van der Waals surface area contributed by atoms with Crippen molar-refractivity contribution in [3.8, 4) is 12.1 Å². The van der Waals surface area contributed by atoms with E-state index < -0.39 is 0 Å². The molecule has 0 unspecified atom stereocenters. The number of para-hydroxylation sites is 10. The second-order valence-electron chi connectivity index (χ2n) is 39.9. The van der Waals surface area contributed by atoms with Gasteiger partial charge in [0.2, 0.25) is 0 Å². The number of carbonyl (C=O) groups is 3. The van der Waals surface area contributed by atoms with Gasteiger partial charge in [-0.3, -0.25) is 36.4 Å². The fraction of sp³-hybridized carbons (Fsp3) is 0.330. The van der Waals surface area contributed by atoms with Gasteiger partial charge in [0.15, 0.2) is 28.2 Å². The fourth-order valence-electron chi connectivity index (χ4n) is 21.9. The number of anilines is 5. The van der Waals surface area contributed by atoms with Gasteiger partial charge in [-0.15, -0.1) is 0 Å². The second kappa shape index (κ2) is 39.4. The Hall–Kier alpha value is -15.9. The maximum atomic E-state index is 13.2. The Kier molecular flexibility index (Phi) is 25.9. The van der Waals surface area contributed by atoms with Crippen LogP contribution in [-0.2, 0) is 0 Å². The number of hydrogen-bond acceptors (Lipinski definition) is 25. The third kappa shape index (κ3) is 17.5. The number of carbonyl (C=O) groups excluding carboxylic acids is 3. The van der Waals surface area contributed by atoms with E-state index in [2.05, 4.69) is 188 Å². The van der Waals surface area contributed by atoms with Gasteiger partial charge in [0.25, 0.3) is 17.7 Å². The van der Waals surface area contributed by atoms with Crippen LogP contribution in [0.2, 0.25) is 0 Å². The highest BCUT2D eigenvalue weighted by Gasteiger charge is 2.35. The zero-order valence-corrected chi connectivity index (χ0v) is 84.7. The van der Waals surface area contributed by atoms with Gasteiger partial charge >= 0.3 is 0 Å². The molecule has 145 heavy (non-hydrogen) atoms. The van der Waals surface area contributed by atoms with E-state index in [1.807, 2.05) is 226 Å². The fourth-order valence-corrected chi connectivity index (χ4v) is 21.9. The summed E-state index contributed by atoms with van der Waals surface area (Å²) >= 11 is 0. The van der Waals surface area contributed by atoms with Crippen LogP contribution in [0.4, 0.5) is 28.4 Å². The van der Waals surface area contributed by atoms with Gasteiger partial charge in [0.05, 0.1) is 83.0 Å². The standard InChI is InChI=1S/C24H28N6O.C23H26N6O.C22H24N6O.C22H22N6.C21H20N6/c1-15(2)26-24(31)18-13-17-20(29-12-10-16(14-29)28(3)4)9-11-25-22(17)30-21-8-6-5-7-19(21)27-23(18)30;1-4-24-23(30)17-13-16-19(28-12-10-15(14-28)27(2)3)9-11-25-21(16)29-20-8-6-5-7-18(20)26-22(17)29;1-23-22(29)16-12-15-18(27-11-9-14(13-27)26(2)3)8-10-24-20(15)28-19-7-5-4-6-17(19)25-21(16)28;1-14-10-20(27-9-8-16(13-27)26(2)3)17-11-15(12-23)21-25-18-6-4-5-7-19(18)28(21)22(17)24-14;1-25(2)15-8-10-26(13-15)18-7-9-23-21-16(18)11-14(12-22)20-24-17-5-3-4-6-19(17)27(20)21/h5-9,11,13,15-16H,10,12,14H2,1-4H3,(H,26,31);5-9,11,13,15H,4,10,12,14H2,1-3H3,(H,24,30);4-8,10,12,14H,9,11,13H2,1-3H3,(H,23,29);4-7,10-11,16H,8-9,13H2,1-3H3;3-7,9,11,15H,8,10,13H2,1-2H3/t16-;15-;14-;16-;15-/m10010/s1. The lowest BCUT2D eigenvalue weighted by Gasteiger charge is -2.23. The van der Waals surface area contributed by atoms with Crippen LogP contribution < -0.4 is 40.4 Å². The lowest BCUT2D eigenvalue weighted by atomic mass is 10.1. The first-order valence-electron chi connectivity index (χ1n) is 50.0. The van der Waals surface area contributed by atoms with Crippen LogP contribution in [0.15, 0.2) is 207 Å². The molecule has 5 saturated heterocycles. The summed E-state index contributed by atoms with van der Waals surface area (Å²) in [5.74, 6) is -0.365. The van der Waals surface area contributed by atoms with Crippen molar-refractivity contribution in [2.24, 2.45) is 0 Å². The number of aryl methyl sites for hydroxylation is 1. The summed E-state index contributed by atoms with van der Waals surface area (Å²) in [6.07, 6.45) is 13.1. The SMILES string of the molecule is CC(C)NC(=O)c1cc2c(N3CC[C@@H](N(C)C)C3)ccnc2n2c1nc1ccccc12.CCNC(=O)c1cc2c(N3CC[C@H](N(C)C)C3)ccnc2n2c1nc1ccccc12.CN(C)[C@H]1CCN(c2ccnc3c2cc(C#N)c2nc4ccccc4n23)C1.CNC(=O)c1cc2c(N3CC[C@H](N(C)C)C3)ccnc2n2c1nc1ccccc12.Cc1cc(N2CC[C@@H](N(C)C)C2)c2cc(C#N)c3nc4ccccc4n3c2n1. The van der Waals surface area contributed by atoms with Gasteiger partial charge in [-0.25, -0.2) is 49.8 Å². The van der Waals surface area contributed by atoms with Crippen molar-refractivity contribution < 1.29 is 14.4 Å². The third-order valence-electron chi connectivity index (χ3n) is 29.6. The first-order chi connectivity index (χ1) is 70.3. The van der Waals surface area contributed by atoms with Gasteiger partial charge in [-0.2, -0.15) is 10.5 Å². The van der Waals surface area contributed by atoms with Crippen molar-refractivity contribution in [1.82, 2.24) is 112 Å². The monoisotopic (exact) mass is 1930 g/mol. The minimum Gasteiger partial charge on any atom is -0.369 e. The maximum absolute atomic E-state index is 13.2. The number of hydrogen-bond donors (Lipinski definition) is 3. The summed E-state index contributed by atoms with van der Waals surface area (Å²) in [6.45, 7) is 18.3. The van der Waals surface area contributed by atoms with E-state index >= 15 is 0 Å². The van der Waals surface area contributed by atoms with Crippen LogP contribution in [0.1, 0.15) is 101 Å². The van der Waals surface area contributed by atoms with E-state index in [1.165, 1.54) is 0 Å². The molecule has 33 nitrogen and oxygen atoms in total. The number of fused-ring (bicyclic) bond motifs is 25. The Labute approximate surface area is 839 Å². The number of likely N-dealkylation sites (N-methyl/N-ethyl adjacent to an activating group) is 5. The van der Waals surface area contributed by atoms with Crippen molar-refractivity contribution in [1.29, 1.82) is 10.5 Å². The van der Waals surface area contributed by atoms with Gasteiger partial charge < -0.3 is 64.9 Å². The number of pyridine rings is 10. The normalized spacial score (nSPS) is 17.1. The lowest BCUT2D eigenvalue weighted by Crippen LogP contribution is -2.31. The molecule has 5 aliphatic heterocycles. The van der Waals surface area contributed by atoms with Crippen LogP contribution in [-0.4, -0.2) is 300 Å². The van der Waals surface area contributed by atoms with Crippen LogP contribution in [0.25, 0.3) is 139 Å². The zero-order valence-electron chi connectivity index (χ0n) is 84.7. The highest BCUT2D eigenvalue weighted by Crippen LogP contribution is 2.42. The van der Waals surface area contributed by atoms with Crippen molar-refractivity contribution in [3.63, 3.8) is 0 Å². The van der Waals surface area contributed by atoms with E-state index in [1.54, 1.807) is 7.05 Å². The van der Waals surface area contributed by atoms with E-state index in [0.717, 1.165) is 242 Å². The summed E-state index contributed by atoms with van der Waals surface area (Å²) in [5.41, 5.74) is 26.1. The number of nitrogens with zero attached hydrogens (tertiary/aromatic N) is 27. The molecule has 5 aromatic carbocycles. The molecule has 5 atom stereocenters. The molecule has 33 heteroatoms. The second-order valence-corrected chi connectivity index (χ2v) is 39.9. The van der Waals surface area contributed by atoms with E-state index in [-0.39, 0.29) is 23.8 Å². The predicted octanol–water partition coefficient (Wildman–Crippen LogP) is 15.2. The van der Waals surface area contributed by atoms with Crippen LogP contribution in [0, 0.1) is 29.6 Å². The first kappa shape index (κ1) is 95.3. The van der Waals surface area contributed by atoms with Gasteiger partial charge in [-0.05, 0) is 252 Å². The maximum Gasteiger partial charge on any atom is 0.255 e. The molecule has 0 spiro atoms. The quantitative estimate of drug-likeness (QED) is 0.0858. The van der Waals surface area contributed by atoms with Crippen LogP contribution in [0.3, 0.4) is 0 Å². The topological polar surface area (TPSA) is 318 Å². The smallest absolute Gasteiger partial charge is 0.255 e. The molecule has 0 bridgehead atoms. The van der Waals surface area contributed by atoms with E-state index in [0.29, 0.717) is 92.8 Å². The van der Waals surface area contributed by atoms with Crippen LogP contribution >= 0.6 is 0 Å². The number of aromatic nitrogens is 15. The molecule has 5 fully saturated rings. The van der Waals surface area contributed by atoms with Gasteiger partial charge in [-0.1, -0.05) is 60.7 Å². The van der Waals surface area contributed by atoms with Gasteiger partial charge in [0, 0.05) is 201 Å². The average molecular weight is 1930 g/mol. The van der Waals surface area contributed by atoms with Crippen molar-refractivity contribution in [2.75, 3.05) is 174 Å². The zero-order chi connectivity index (χ0) is 101. The van der Waals surface area contributed by atoms with E-state index in [4.69, 9.17) is 39.9 Å². The summed E-state index contributed by atoms with van der Waals surface area (Å²) in [7, 11) is 23.0. The molecule has 0 saturated carbocycles. The number of rotatable bonds is 15. The third-order valence-corrected chi connectivity index (χ3v) is 29.6. The molecule has 25 rings (SSSR count). The molecular formula is C112H120N30O3. The Morgan fingerprint density at radius 1 is 0.345 bits per heavy atom.